The van der Waals surface area contributed by atoms with E-state index in [0.717, 1.165) is 46.0 Å². The number of benzene rings is 2. The molecule has 8 nitrogen and oxygen atoms in total. The zero-order chi connectivity index (χ0) is 29.4. The molecule has 2 heterocycles. The number of phenolic OH excluding ortho intramolecular Hbond substituents is 1. The number of methoxy groups -OCH3 is 1. The molecule has 3 aliphatic rings. The molecule has 0 aromatic heterocycles. The lowest BCUT2D eigenvalue weighted by molar-refractivity contribution is -0.122. The van der Waals surface area contributed by atoms with Gasteiger partial charge in [-0.1, -0.05) is 42.7 Å². The Kier molecular flexibility index (Phi) is 8.94. The number of amides is 2. The summed E-state index contributed by atoms with van der Waals surface area (Å²) in [4.78, 5) is 28.4. The number of imide groups is 1. The third-order valence-electron chi connectivity index (χ3n) is 8.52. The van der Waals surface area contributed by atoms with Gasteiger partial charge in [0, 0.05) is 5.92 Å². The maximum atomic E-state index is 13.7. The molecule has 2 fully saturated rings. The van der Waals surface area contributed by atoms with Crippen LogP contribution in [-0.2, 0) is 14.3 Å². The normalized spacial score (nSPS) is 24.1. The van der Waals surface area contributed by atoms with Gasteiger partial charge >= 0.3 is 7.12 Å². The van der Waals surface area contributed by atoms with E-state index in [-0.39, 0.29) is 35.0 Å². The molecule has 2 amide bonds. The van der Waals surface area contributed by atoms with Crippen molar-refractivity contribution in [3.8, 4) is 11.5 Å². The Morgan fingerprint density at radius 3 is 2.66 bits per heavy atom. The molecule has 0 spiro atoms. The van der Waals surface area contributed by atoms with Crippen molar-refractivity contribution in [1.29, 1.82) is 0 Å². The van der Waals surface area contributed by atoms with Crippen molar-refractivity contribution in [2.45, 2.75) is 52.1 Å². The molecule has 1 aliphatic carbocycles. The van der Waals surface area contributed by atoms with Crippen molar-refractivity contribution >= 4 is 58.7 Å². The van der Waals surface area contributed by atoms with E-state index >= 15 is 0 Å². The fraction of sp³-hybridized carbons (Fsp3) is 0.419. The molecule has 2 aliphatic heterocycles. The monoisotopic (exact) mass is 671 g/mol. The van der Waals surface area contributed by atoms with Crippen molar-refractivity contribution in [2.75, 3.05) is 18.6 Å². The third kappa shape index (κ3) is 5.71. The van der Waals surface area contributed by atoms with Crippen LogP contribution in [-0.4, -0.2) is 53.9 Å². The van der Waals surface area contributed by atoms with Crippen LogP contribution in [0.25, 0.3) is 6.08 Å². The summed E-state index contributed by atoms with van der Waals surface area (Å²) < 4.78 is 12.4. The van der Waals surface area contributed by atoms with Gasteiger partial charge in [0.05, 0.1) is 40.9 Å². The van der Waals surface area contributed by atoms with E-state index in [0.29, 0.717) is 24.5 Å². The molecule has 41 heavy (non-hydrogen) atoms. The summed E-state index contributed by atoms with van der Waals surface area (Å²) in [7, 11) is -0.140. The van der Waals surface area contributed by atoms with Crippen LogP contribution in [0.3, 0.4) is 0 Å². The third-order valence-corrected chi connectivity index (χ3v) is 9.34. The molecule has 5 rings (SSSR count). The number of carbonyl (C=O) groups is 2. The summed E-state index contributed by atoms with van der Waals surface area (Å²) >= 11 is 2.10. The lowest BCUT2D eigenvalue weighted by Crippen LogP contribution is -2.35. The minimum atomic E-state index is -1.68. The number of carbonyl (C=O) groups excluding carboxylic acids is 2. The number of nitrogens with zero attached hydrogens (tertiary/aromatic N) is 1. The van der Waals surface area contributed by atoms with E-state index in [9.17, 15) is 24.7 Å². The average Bonchev–Trinajstić information content (AvgIpc) is 3.48. The summed E-state index contributed by atoms with van der Waals surface area (Å²) in [5.74, 6) is -0.960. The minimum absolute atomic E-state index is 0.111. The first-order valence-corrected chi connectivity index (χ1v) is 15.1. The predicted octanol–water partition coefficient (Wildman–Crippen LogP) is 4.19. The van der Waals surface area contributed by atoms with Crippen molar-refractivity contribution < 1.29 is 34.2 Å². The molecule has 10 heteroatoms. The van der Waals surface area contributed by atoms with Crippen LogP contribution in [0.4, 0.5) is 5.69 Å². The van der Waals surface area contributed by atoms with E-state index in [1.54, 1.807) is 25.3 Å². The van der Waals surface area contributed by atoms with Crippen molar-refractivity contribution in [3.05, 3.63) is 62.3 Å². The summed E-state index contributed by atoms with van der Waals surface area (Å²) in [5.41, 5.74) is 5.13. The van der Waals surface area contributed by atoms with E-state index in [1.807, 2.05) is 12.1 Å². The number of ether oxygens (including phenoxy) is 2. The molecule has 2 aromatic rings. The topological polar surface area (TPSA) is 117 Å². The molecule has 216 valence electrons. The van der Waals surface area contributed by atoms with Crippen molar-refractivity contribution in [1.82, 2.24) is 0 Å². The molecule has 2 saturated heterocycles. The van der Waals surface area contributed by atoms with Gasteiger partial charge in [0.1, 0.15) is 0 Å². The summed E-state index contributed by atoms with van der Waals surface area (Å²) in [6.45, 7) is 4.61. The lowest BCUT2D eigenvalue weighted by atomic mass is 9.70. The predicted molar refractivity (Wildman–Crippen MR) is 166 cm³/mol. The van der Waals surface area contributed by atoms with Gasteiger partial charge in [0.15, 0.2) is 11.5 Å². The average molecular weight is 671 g/mol. The van der Waals surface area contributed by atoms with Crippen LogP contribution in [0.2, 0.25) is 0 Å². The number of hydrogen-bond donors (Lipinski definition) is 3. The van der Waals surface area contributed by atoms with Crippen LogP contribution in [0.15, 0.2) is 53.1 Å². The van der Waals surface area contributed by atoms with Gasteiger partial charge in [-0.3, -0.25) is 14.5 Å². The second-order valence-corrected chi connectivity index (χ2v) is 12.3. The minimum Gasteiger partial charge on any atom is -0.504 e. The zero-order valence-electron chi connectivity index (χ0n) is 23.5. The first-order valence-electron chi connectivity index (χ1n) is 14.1. The smallest absolute Gasteiger partial charge is 0.488 e. The summed E-state index contributed by atoms with van der Waals surface area (Å²) in [6, 6.07) is 10.1. The van der Waals surface area contributed by atoms with Gasteiger partial charge in [-0.2, -0.15) is 0 Å². The fourth-order valence-electron chi connectivity index (χ4n) is 6.68. The fourth-order valence-corrected chi connectivity index (χ4v) is 7.31. The van der Waals surface area contributed by atoms with Crippen molar-refractivity contribution in [2.24, 2.45) is 17.8 Å². The summed E-state index contributed by atoms with van der Waals surface area (Å²) in [5, 5.41) is 29.4. The maximum Gasteiger partial charge on any atom is 0.488 e. The van der Waals surface area contributed by atoms with Crippen LogP contribution >= 0.6 is 22.6 Å². The molecule has 0 bridgehead atoms. The Morgan fingerprint density at radius 1 is 1.17 bits per heavy atom. The molecule has 4 atom stereocenters. The van der Waals surface area contributed by atoms with E-state index in [4.69, 9.17) is 9.47 Å². The first kappa shape index (κ1) is 29.8. The number of allylic oxidation sites excluding steroid dienone is 2. The van der Waals surface area contributed by atoms with Crippen LogP contribution < -0.4 is 15.1 Å². The van der Waals surface area contributed by atoms with Crippen LogP contribution in [0.5, 0.6) is 11.5 Å². The highest BCUT2D eigenvalue weighted by Gasteiger charge is 2.56. The number of aromatic hydroxyl groups is 1. The second kappa shape index (κ2) is 12.3. The molecular weight excluding hydrogens is 636 g/mol. The Hall–Kier alpha value is -2.67. The zero-order valence-corrected chi connectivity index (χ0v) is 25.6. The van der Waals surface area contributed by atoms with E-state index in [1.165, 1.54) is 16.5 Å². The molecule has 0 radical (unpaired) electrons. The number of fused-ring (bicyclic) bond motifs is 3. The Bertz CT molecular complexity index is 1420. The largest absolute Gasteiger partial charge is 0.504 e. The first-order chi connectivity index (χ1) is 19.6. The molecule has 0 saturated carbocycles. The Morgan fingerprint density at radius 2 is 1.95 bits per heavy atom. The molecule has 2 aromatic carbocycles. The second-order valence-electron chi connectivity index (χ2n) is 11.1. The van der Waals surface area contributed by atoms with Gasteiger partial charge in [0.25, 0.3) is 0 Å². The molecule has 3 N–H and O–H groups in total. The summed E-state index contributed by atoms with van der Waals surface area (Å²) in [6.07, 6.45) is 6.10. The van der Waals surface area contributed by atoms with Crippen molar-refractivity contribution in [3.63, 3.8) is 0 Å². The number of halogens is 1. The lowest BCUT2D eigenvalue weighted by Gasteiger charge is -2.30. The van der Waals surface area contributed by atoms with Gasteiger partial charge in [-0.25, -0.2) is 0 Å². The number of rotatable bonds is 9. The quantitative estimate of drug-likeness (QED) is 0.159. The Labute approximate surface area is 254 Å². The van der Waals surface area contributed by atoms with Crippen LogP contribution in [0, 0.1) is 21.3 Å². The SMILES string of the molecule is CCC/C(=C\c1cc(I)c(O)c(OC)c1)CC[C@H]1OC[C@H]2C1=C(C)C[C@H]1C(=O)N(c3cccc(B(O)O)c3)C(=O)[C@H]12. The highest BCUT2D eigenvalue weighted by Crippen LogP contribution is 2.50. The van der Waals surface area contributed by atoms with Gasteiger partial charge in [-0.05, 0) is 96.1 Å². The maximum absolute atomic E-state index is 13.7. The number of hydrogen-bond acceptors (Lipinski definition) is 7. The highest BCUT2D eigenvalue weighted by atomic mass is 127. The van der Waals surface area contributed by atoms with E-state index < -0.39 is 19.0 Å². The molecular formula is C31H35BINO7. The van der Waals surface area contributed by atoms with E-state index in [2.05, 4.69) is 42.5 Å². The number of anilines is 1. The van der Waals surface area contributed by atoms with Gasteiger partial charge in [-0.15, -0.1) is 0 Å². The number of phenols is 1. The standard InChI is InChI=1S/C31H35BINO7/c1-4-6-18(12-19-13-24(33)29(35)26(14-19)40-3)9-10-25-27-17(2)11-22-28(23(27)16-41-25)31(37)34(30(22)36)21-8-5-7-20(15-21)32(38)39/h5,7-8,12-15,22-23,25,28,35,38-39H,4,6,9-11,16H2,1-3H3/b18-12+/t22-,23+,25-,28-/m1/s1. The molecule has 0 unspecified atom stereocenters. The highest BCUT2D eigenvalue weighted by molar-refractivity contribution is 14.1. The van der Waals surface area contributed by atoms with Gasteiger partial charge in [0.2, 0.25) is 11.8 Å². The van der Waals surface area contributed by atoms with Crippen LogP contribution in [0.1, 0.15) is 51.5 Å². The van der Waals surface area contributed by atoms with Gasteiger partial charge < -0.3 is 24.6 Å². The Balaban J connectivity index is 1.35.